The zero-order valence-electron chi connectivity index (χ0n) is 48.0. The van der Waals surface area contributed by atoms with Crippen molar-refractivity contribution in [3.05, 3.63) is 192 Å². The van der Waals surface area contributed by atoms with Crippen molar-refractivity contribution < 1.29 is 199 Å². The van der Waals surface area contributed by atoms with Gasteiger partial charge in [0.05, 0.1) is 51.2 Å². The van der Waals surface area contributed by atoms with E-state index in [2.05, 4.69) is 20.0 Å². The van der Waals surface area contributed by atoms with Crippen LogP contribution in [0, 0.1) is 76.3 Å². The van der Waals surface area contributed by atoms with E-state index in [9.17, 15) is 40.9 Å². The number of nitrogens with zero attached hydrogens (tertiary/aromatic N) is 4. The Morgan fingerprint density at radius 2 is 0.511 bits per heavy atom. The van der Waals surface area contributed by atoms with Gasteiger partial charge in [0.25, 0.3) is 0 Å². The van der Waals surface area contributed by atoms with Crippen molar-refractivity contribution in [2.75, 3.05) is 42.7 Å². The number of para-hydroxylation sites is 12. The molecule has 0 fully saturated rings. The van der Waals surface area contributed by atoms with E-state index in [1.54, 1.807) is 146 Å². The number of methoxy groups -OCH3 is 4. The summed E-state index contributed by atoms with van der Waals surface area (Å²) in [7, 11) is 7.74. The number of aliphatic hydroxyl groups excluding tert-OH is 2. The average Bonchev–Trinajstić information content (AvgIpc) is 3.70. The van der Waals surface area contributed by atoms with E-state index >= 15 is 0 Å². The molecule has 8 aromatic carbocycles. The van der Waals surface area contributed by atoms with Gasteiger partial charge in [0.1, 0.15) is 23.0 Å². The van der Waals surface area contributed by atoms with Gasteiger partial charge in [0.15, 0.2) is 0 Å². The number of benzene rings is 8. The van der Waals surface area contributed by atoms with Crippen LogP contribution >= 0.6 is 0 Å². The van der Waals surface area contributed by atoms with Gasteiger partial charge in [-0.15, -0.1) is 0 Å². The van der Waals surface area contributed by atoms with Crippen molar-refractivity contribution in [2.24, 2.45) is 20.0 Å². The second-order valence-electron chi connectivity index (χ2n) is 15.4. The molecule has 0 unspecified atom stereocenters. The first-order valence-electron chi connectivity index (χ1n) is 24.2. The van der Waals surface area contributed by atoms with Gasteiger partial charge in [0.2, 0.25) is 0 Å². The quantitative estimate of drug-likeness (QED) is 0.131. The summed E-state index contributed by atoms with van der Waals surface area (Å²) in [5.41, 5.74) is 2.77. The first-order valence-corrected chi connectivity index (χ1v) is 24.2. The smallest absolute Gasteiger partial charge is 0.871 e. The van der Waals surface area contributed by atoms with Crippen molar-refractivity contribution in [2.45, 2.75) is 13.8 Å². The maximum Gasteiger partial charge on any atom is 3.00 e. The zero-order chi connectivity index (χ0) is 63.0. The number of carboxylic acids is 2. The van der Waals surface area contributed by atoms with Crippen molar-refractivity contribution in [1.29, 1.82) is 0 Å². The topological polar surface area (TPSA) is 392 Å². The molecule has 8 rings (SSSR count). The van der Waals surface area contributed by atoms with Crippen LogP contribution in [0.25, 0.3) is 0 Å². The number of carboxylic acid groups (broad SMARTS) is 2. The Kier molecular flexibility index (Phi) is 49.8. The second-order valence-corrected chi connectivity index (χ2v) is 15.4. The van der Waals surface area contributed by atoms with Gasteiger partial charge in [-0.2, -0.15) is 0 Å². The summed E-state index contributed by atoms with van der Waals surface area (Å²) in [4.78, 5) is 33.9. The molecule has 2 radical (unpaired) electrons. The minimum atomic E-state index is -1.08. The van der Waals surface area contributed by atoms with Gasteiger partial charge in [-0.05, 0) is 84.6 Å². The normalized spacial score (nSPS) is 9.48. The third-order valence-corrected chi connectivity index (χ3v) is 9.75. The first kappa shape index (κ1) is 86.9. The molecule has 0 saturated carbocycles. The summed E-state index contributed by atoms with van der Waals surface area (Å²) < 4.78 is 19.7. The van der Waals surface area contributed by atoms with Gasteiger partial charge in [-0.1, -0.05) is 167 Å². The molecule has 26 heteroatoms. The predicted molar refractivity (Wildman–Crippen MR) is 300 cm³/mol. The van der Waals surface area contributed by atoms with E-state index in [4.69, 9.17) is 49.0 Å². The number of hydrogen-bond donors (Lipinski definition) is 2. The molecule has 0 aliphatic heterocycles. The molecule has 0 spiro atoms. The fourth-order valence-corrected chi connectivity index (χ4v) is 5.99. The van der Waals surface area contributed by atoms with Crippen LogP contribution in [0.2, 0.25) is 0 Å². The zero-order valence-corrected chi connectivity index (χ0v) is 54.0. The Balaban J connectivity index is -0.000000496. The molecular weight excluding hydrogens is 1530 g/mol. The van der Waals surface area contributed by atoms with Crippen molar-refractivity contribution in [3.8, 4) is 69.0 Å². The van der Waals surface area contributed by atoms with Crippen LogP contribution in [0.4, 0.5) is 22.7 Å². The molecule has 0 aliphatic carbocycles. The van der Waals surface area contributed by atoms with E-state index in [1.807, 2.05) is 0 Å². The van der Waals surface area contributed by atoms with Gasteiger partial charge in [-0.3, -0.25) is 20.0 Å². The maximum atomic E-state index is 11.8. The van der Waals surface area contributed by atoms with Crippen LogP contribution in [-0.4, -0.2) is 89.7 Å². The maximum absolute atomic E-state index is 11.8. The van der Waals surface area contributed by atoms with Gasteiger partial charge < -0.3 is 89.8 Å². The number of hydrogen-bond acceptors (Lipinski definition) is 22. The fourth-order valence-electron chi connectivity index (χ4n) is 5.99. The van der Waals surface area contributed by atoms with Crippen molar-refractivity contribution in [3.63, 3.8) is 0 Å². The Bertz CT molecular complexity index is 2970. The van der Waals surface area contributed by atoms with Crippen molar-refractivity contribution in [1.82, 2.24) is 0 Å². The summed E-state index contributed by atoms with van der Waals surface area (Å²) >= 11 is 0. The molecule has 0 amide bonds. The second kappa shape index (κ2) is 50.4. The van der Waals surface area contributed by atoms with Crippen molar-refractivity contribution >= 4 is 59.5 Å². The molecule has 476 valence electrons. The number of aliphatic carboxylic acids is 2. The van der Waals surface area contributed by atoms with Crippen LogP contribution in [0.15, 0.2) is 190 Å². The Hall–Kier alpha value is -7.57. The predicted octanol–water partition coefficient (Wildman–Crippen LogP) is 3.10. The van der Waals surface area contributed by atoms with Gasteiger partial charge in [0, 0.05) is 89.2 Å². The van der Waals surface area contributed by atoms with Crippen LogP contribution in [0.5, 0.6) is 69.0 Å². The first-order chi connectivity index (χ1) is 40.3. The summed E-state index contributed by atoms with van der Waals surface area (Å²) in [5, 5.41) is 125. The number of carbonyl (C=O) groups is 2. The monoisotopic (exact) mass is 1590 g/mol. The molecule has 0 heterocycles. The molecule has 0 atom stereocenters. The number of carbonyl (C=O) groups excluding carboxylic acids is 2. The third-order valence-electron chi connectivity index (χ3n) is 9.75. The molecule has 0 aliphatic rings. The summed E-state index contributed by atoms with van der Waals surface area (Å²) in [5.74, 6) is -2.81. The average molecular weight is 1590 g/mol. The third kappa shape index (κ3) is 32.4. The van der Waals surface area contributed by atoms with E-state index in [-0.39, 0.29) is 178 Å². The number of ether oxygens (including phenoxy) is 4. The van der Waals surface area contributed by atoms with Gasteiger partial charge in [-0.25, -0.2) is 0 Å². The number of aliphatic imine (C=N–C) groups is 4. The molecular formula is C62H58Dy2N4Ni2O18-2. The van der Waals surface area contributed by atoms with Crippen LogP contribution in [0.1, 0.15) is 36.1 Å². The molecule has 88 heavy (non-hydrogen) atoms. The fraction of sp³-hybridized carbons (Fsp3) is 0.129. The van der Waals surface area contributed by atoms with E-state index in [0.717, 1.165) is 28.1 Å². The van der Waals surface area contributed by atoms with Crippen LogP contribution in [-0.2, 0) is 42.6 Å². The van der Waals surface area contributed by atoms with E-state index < -0.39 is 11.9 Å². The standard InChI is InChI=1S/4C14H13NO3.2C2H4O2.2CH4O.2Dy.2Ni/c4*1-18-13-8-4-5-10(14(13)17)9-15-11-6-2-3-7-12(11)16;2*1-2(3)4;2*1-2;;;;/h4*2-9,16-17H,1H3;2*1H3,(H,3,4);2*2H,1H3;;;;/q;;;;;;;;;+3;+2;+3/p-10. The molecule has 8 aromatic rings. The Morgan fingerprint density at radius 1 is 0.352 bits per heavy atom. The van der Waals surface area contributed by atoms with Crippen LogP contribution < -0.4 is 70.0 Å². The summed E-state index contributed by atoms with van der Waals surface area (Å²) in [6.07, 6.45) is 5.51. The van der Waals surface area contributed by atoms with E-state index in [1.165, 1.54) is 77.6 Å². The largest absolute Gasteiger partial charge is 3.00 e. The number of aliphatic hydroxyl groups is 2. The molecule has 22 nitrogen and oxygen atoms in total. The van der Waals surface area contributed by atoms with Crippen LogP contribution in [0.3, 0.4) is 0 Å². The summed E-state index contributed by atoms with van der Waals surface area (Å²) in [6, 6.07) is 45.2. The molecule has 0 bridgehead atoms. The number of rotatable bonds is 12. The molecule has 0 aromatic heterocycles. The molecule has 2 N–H and O–H groups in total. The minimum absolute atomic E-state index is 0. The Morgan fingerprint density at radius 3 is 0.659 bits per heavy atom. The molecule has 0 saturated heterocycles. The SMILES string of the molecule is CC(=O)[O-].CC(=O)[O-].CO.CO.COc1cccc(C=Nc2ccccc2[O-])c1[O-].COc1cccc(C=Nc2ccccc2[O-])c1[O-].COc1cccc(C=Nc2ccccc2[O-])c1[O-].COc1cccc(C=Nc2ccccc2[O-])c1[O-].[Dy+3].[Dy].[Ni+2].[Ni+3]. The summed E-state index contributed by atoms with van der Waals surface area (Å²) in [6.45, 7) is 1.94. The van der Waals surface area contributed by atoms with Gasteiger partial charge >= 0.3 is 71.2 Å². The van der Waals surface area contributed by atoms with E-state index in [0.29, 0.717) is 45.0 Å². The Labute approximate surface area is 590 Å². The minimum Gasteiger partial charge on any atom is -0.871 e.